The molecule has 3 aromatic rings. The standard InChI is InChI=1S/C19H15BrClFN4O/c20-12-10-15-18(24-11-12)16(4-5-23-15)25-6-8-26(9-7-25)19(27)17-13(21)2-1-3-14(17)22/h1-5,10-11H,6-9H2. The van der Waals surface area contributed by atoms with E-state index in [9.17, 15) is 9.18 Å². The lowest BCUT2D eigenvalue weighted by molar-refractivity contribution is 0.0742. The average molecular weight is 450 g/mol. The highest BCUT2D eigenvalue weighted by Crippen LogP contribution is 2.27. The zero-order chi connectivity index (χ0) is 19.0. The lowest BCUT2D eigenvalue weighted by Crippen LogP contribution is -2.49. The predicted molar refractivity (Wildman–Crippen MR) is 107 cm³/mol. The van der Waals surface area contributed by atoms with Gasteiger partial charge in [0.15, 0.2) is 0 Å². The maximum absolute atomic E-state index is 14.0. The van der Waals surface area contributed by atoms with Crippen molar-refractivity contribution in [2.75, 3.05) is 31.1 Å². The number of rotatable bonds is 2. The van der Waals surface area contributed by atoms with E-state index in [2.05, 4.69) is 30.8 Å². The van der Waals surface area contributed by atoms with Crippen LogP contribution in [0.15, 0.2) is 47.2 Å². The molecule has 0 radical (unpaired) electrons. The molecule has 0 N–H and O–H groups in total. The minimum absolute atomic E-state index is 0.0616. The number of carbonyl (C=O) groups is 1. The van der Waals surface area contributed by atoms with Crippen LogP contribution in [0.1, 0.15) is 10.4 Å². The summed E-state index contributed by atoms with van der Waals surface area (Å²) in [7, 11) is 0. The van der Waals surface area contributed by atoms with Crippen LogP contribution in [0.5, 0.6) is 0 Å². The van der Waals surface area contributed by atoms with Crippen molar-refractivity contribution in [3.63, 3.8) is 0 Å². The number of piperazine rings is 1. The van der Waals surface area contributed by atoms with E-state index >= 15 is 0 Å². The molecule has 1 aliphatic heterocycles. The Labute approximate surface area is 168 Å². The van der Waals surface area contributed by atoms with E-state index in [1.165, 1.54) is 18.2 Å². The van der Waals surface area contributed by atoms with E-state index < -0.39 is 5.82 Å². The number of anilines is 1. The summed E-state index contributed by atoms with van der Waals surface area (Å²) in [4.78, 5) is 25.3. The zero-order valence-corrected chi connectivity index (χ0v) is 16.5. The molecule has 3 heterocycles. The number of pyridine rings is 2. The molecular formula is C19H15BrClFN4O. The first-order valence-electron chi connectivity index (χ1n) is 8.43. The van der Waals surface area contributed by atoms with Crippen molar-refractivity contribution < 1.29 is 9.18 Å². The summed E-state index contributed by atoms with van der Waals surface area (Å²) in [6.45, 7) is 2.19. The number of carbonyl (C=O) groups excluding carboxylic acids is 1. The molecule has 0 atom stereocenters. The Hall–Kier alpha value is -2.25. The molecule has 0 unspecified atom stereocenters. The number of hydrogen-bond acceptors (Lipinski definition) is 4. The number of fused-ring (bicyclic) bond motifs is 1. The van der Waals surface area contributed by atoms with Gasteiger partial charge in [-0.05, 0) is 40.2 Å². The van der Waals surface area contributed by atoms with Crippen molar-refractivity contribution in [2.45, 2.75) is 0 Å². The van der Waals surface area contributed by atoms with Gasteiger partial charge < -0.3 is 9.80 Å². The van der Waals surface area contributed by atoms with Crippen molar-refractivity contribution in [1.29, 1.82) is 0 Å². The van der Waals surface area contributed by atoms with Gasteiger partial charge in [-0.2, -0.15) is 0 Å². The Balaban J connectivity index is 1.54. The van der Waals surface area contributed by atoms with Crippen LogP contribution in [0.4, 0.5) is 10.1 Å². The number of hydrogen-bond donors (Lipinski definition) is 0. The number of aromatic nitrogens is 2. The van der Waals surface area contributed by atoms with Gasteiger partial charge in [0.05, 0.1) is 21.8 Å². The summed E-state index contributed by atoms with van der Waals surface area (Å²) in [5.74, 6) is -0.968. The fourth-order valence-corrected chi connectivity index (χ4v) is 3.82. The van der Waals surface area contributed by atoms with E-state index in [1.54, 1.807) is 17.3 Å². The third-order valence-corrected chi connectivity index (χ3v) is 5.36. The Morgan fingerprint density at radius 2 is 1.93 bits per heavy atom. The van der Waals surface area contributed by atoms with Crippen LogP contribution >= 0.6 is 27.5 Å². The van der Waals surface area contributed by atoms with Gasteiger partial charge in [-0.3, -0.25) is 14.8 Å². The largest absolute Gasteiger partial charge is 0.366 e. The molecule has 1 aromatic carbocycles. The van der Waals surface area contributed by atoms with Crippen LogP contribution < -0.4 is 4.90 Å². The summed E-state index contributed by atoms with van der Waals surface area (Å²) >= 11 is 9.44. The molecule has 1 saturated heterocycles. The van der Waals surface area contributed by atoms with E-state index in [-0.39, 0.29) is 16.5 Å². The molecule has 5 nitrogen and oxygen atoms in total. The molecule has 1 amide bonds. The number of nitrogens with zero attached hydrogens (tertiary/aromatic N) is 4. The molecule has 138 valence electrons. The Kier molecular flexibility index (Phi) is 4.97. The maximum Gasteiger partial charge on any atom is 0.258 e. The second kappa shape index (κ2) is 7.40. The van der Waals surface area contributed by atoms with E-state index in [0.29, 0.717) is 26.2 Å². The predicted octanol–water partition coefficient (Wildman–Crippen LogP) is 4.15. The summed E-state index contributed by atoms with van der Waals surface area (Å²) in [5, 5.41) is 0.136. The molecule has 4 rings (SSSR count). The van der Waals surface area contributed by atoms with Gasteiger partial charge in [0, 0.05) is 43.0 Å². The summed E-state index contributed by atoms with van der Waals surface area (Å²) in [5.41, 5.74) is 2.54. The summed E-state index contributed by atoms with van der Waals surface area (Å²) < 4.78 is 14.9. The molecule has 2 aromatic heterocycles. The summed E-state index contributed by atoms with van der Waals surface area (Å²) in [6.07, 6.45) is 3.50. The van der Waals surface area contributed by atoms with Gasteiger partial charge in [0.1, 0.15) is 11.3 Å². The zero-order valence-electron chi connectivity index (χ0n) is 14.2. The summed E-state index contributed by atoms with van der Waals surface area (Å²) in [6, 6.07) is 8.12. The van der Waals surface area contributed by atoms with Crippen molar-refractivity contribution in [3.05, 3.63) is 63.6 Å². The minimum Gasteiger partial charge on any atom is -0.366 e. The first kappa shape index (κ1) is 18.1. The Bertz CT molecular complexity index is 1000. The molecule has 0 aliphatic carbocycles. The minimum atomic E-state index is -0.593. The van der Waals surface area contributed by atoms with E-state index in [1.807, 2.05) is 12.1 Å². The van der Waals surface area contributed by atoms with Gasteiger partial charge >= 0.3 is 0 Å². The fraction of sp³-hybridized carbons (Fsp3) is 0.211. The van der Waals surface area contributed by atoms with Gasteiger partial charge in [-0.25, -0.2) is 4.39 Å². The molecule has 27 heavy (non-hydrogen) atoms. The van der Waals surface area contributed by atoms with Crippen LogP contribution in [0.25, 0.3) is 11.0 Å². The molecular weight excluding hydrogens is 435 g/mol. The van der Waals surface area contributed by atoms with Crippen molar-refractivity contribution >= 4 is 50.2 Å². The van der Waals surface area contributed by atoms with E-state index in [0.717, 1.165) is 21.2 Å². The second-order valence-electron chi connectivity index (χ2n) is 6.23. The third kappa shape index (κ3) is 3.49. The Morgan fingerprint density at radius 3 is 2.67 bits per heavy atom. The van der Waals surface area contributed by atoms with E-state index in [4.69, 9.17) is 11.6 Å². The third-order valence-electron chi connectivity index (χ3n) is 4.61. The van der Waals surface area contributed by atoms with Crippen LogP contribution in [0.3, 0.4) is 0 Å². The first-order chi connectivity index (χ1) is 13.0. The SMILES string of the molecule is O=C(c1c(F)cccc1Cl)N1CCN(c2ccnc3cc(Br)cnc23)CC1. The topological polar surface area (TPSA) is 49.3 Å². The quantitative estimate of drug-likeness (QED) is 0.590. The first-order valence-corrected chi connectivity index (χ1v) is 9.60. The normalized spacial score (nSPS) is 14.6. The highest BCUT2D eigenvalue weighted by atomic mass is 79.9. The molecule has 0 saturated carbocycles. The van der Waals surface area contributed by atoms with Crippen LogP contribution in [0, 0.1) is 5.82 Å². The highest BCUT2D eigenvalue weighted by molar-refractivity contribution is 9.10. The fourth-order valence-electron chi connectivity index (χ4n) is 3.26. The molecule has 0 bridgehead atoms. The van der Waals surface area contributed by atoms with Gasteiger partial charge in [0.2, 0.25) is 0 Å². The van der Waals surface area contributed by atoms with Gasteiger partial charge in [-0.1, -0.05) is 17.7 Å². The van der Waals surface area contributed by atoms with Crippen molar-refractivity contribution in [3.8, 4) is 0 Å². The lowest BCUT2D eigenvalue weighted by atomic mass is 10.1. The maximum atomic E-state index is 14.0. The second-order valence-corrected chi connectivity index (χ2v) is 7.55. The van der Waals surface area contributed by atoms with Crippen LogP contribution in [0.2, 0.25) is 5.02 Å². The van der Waals surface area contributed by atoms with Crippen LogP contribution in [-0.2, 0) is 0 Å². The van der Waals surface area contributed by atoms with Gasteiger partial charge in [0.25, 0.3) is 5.91 Å². The van der Waals surface area contributed by atoms with Crippen LogP contribution in [-0.4, -0.2) is 47.0 Å². The number of amides is 1. The highest BCUT2D eigenvalue weighted by Gasteiger charge is 2.26. The number of halogens is 3. The van der Waals surface area contributed by atoms with Crippen molar-refractivity contribution in [2.24, 2.45) is 0 Å². The Morgan fingerprint density at radius 1 is 1.15 bits per heavy atom. The lowest BCUT2D eigenvalue weighted by Gasteiger charge is -2.36. The van der Waals surface area contributed by atoms with Gasteiger partial charge in [-0.15, -0.1) is 0 Å². The number of benzene rings is 1. The smallest absolute Gasteiger partial charge is 0.258 e. The molecule has 8 heteroatoms. The molecule has 0 spiro atoms. The monoisotopic (exact) mass is 448 g/mol. The average Bonchev–Trinajstić information content (AvgIpc) is 2.67. The molecule has 1 aliphatic rings. The van der Waals surface area contributed by atoms with Crippen molar-refractivity contribution in [1.82, 2.24) is 14.9 Å². The molecule has 1 fully saturated rings.